The fourth-order valence-corrected chi connectivity index (χ4v) is 2.46. The fourth-order valence-electron chi connectivity index (χ4n) is 2.46. The minimum Gasteiger partial charge on any atom is -0.391 e. The van der Waals surface area contributed by atoms with Crippen LogP contribution in [-0.2, 0) is 0 Å². The van der Waals surface area contributed by atoms with Crippen molar-refractivity contribution < 1.29 is 5.11 Å². The lowest BCUT2D eigenvalue weighted by Crippen LogP contribution is -2.26. The summed E-state index contributed by atoms with van der Waals surface area (Å²) in [5.41, 5.74) is 9.52. The van der Waals surface area contributed by atoms with Crippen molar-refractivity contribution in [3.8, 4) is 11.1 Å². The zero-order chi connectivity index (χ0) is 15.2. The highest BCUT2D eigenvalue weighted by Gasteiger charge is 2.17. The molecule has 2 nitrogen and oxygen atoms in total. The average molecular weight is 283 g/mol. The van der Waals surface area contributed by atoms with Gasteiger partial charge in [0.25, 0.3) is 0 Å². The summed E-state index contributed by atoms with van der Waals surface area (Å²) in [6.07, 6.45) is 1.25. The molecule has 2 rings (SSSR count). The van der Waals surface area contributed by atoms with Gasteiger partial charge in [0.15, 0.2) is 0 Å². The Bertz CT molecular complexity index is 551. The van der Waals surface area contributed by atoms with Crippen LogP contribution in [0.25, 0.3) is 11.1 Å². The first kappa shape index (κ1) is 15.7. The number of aliphatic hydroxyl groups excluding tert-OH is 1. The molecule has 0 saturated carbocycles. The predicted octanol–water partition coefficient (Wildman–Crippen LogP) is 4.15. The molecule has 2 heteroatoms. The lowest BCUT2D eigenvalue weighted by atomic mass is 9.94. The maximum Gasteiger partial charge on any atom is 0.0732 e. The Morgan fingerprint density at radius 3 is 2.24 bits per heavy atom. The Morgan fingerprint density at radius 1 is 0.905 bits per heavy atom. The quantitative estimate of drug-likeness (QED) is 0.836. The van der Waals surface area contributed by atoms with Crippen molar-refractivity contribution in [1.29, 1.82) is 0 Å². The molecular formula is C19H25NO. The van der Waals surface area contributed by atoms with Crippen molar-refractivity contribution in [3.63, 3.8) is 0 Å². The average Bonchev–Trinajstić information content (AvgIpc) is 2.52. The van der Waals surface area contributed by atoms with Gasteiger partial charge in [-0.25, -0.2) is 0 Å². The molecule has 21 heavy (non-hydrogen) atoms. The van der Waals surface area contributed by atoms with Gasteiger partial charge >= 0.3 is 0 Å². The predicted molar refractivity (Wildman–Crippen MR) is 88.9 cm³/mol. The van der Waals surface area contributed by atoms with E-state index in [1.165, 1.54) is 5.56 Å². The van der Waals surface area contributed by atoms with Crippen LogP contribution in [0.2, 0.25) is 0 Å². The molecule has 112 valence electrons. The monoisotopic (exact) mass is 283 g/mol. The van der Waals surface area contributed by atoms with Crippen molar-refractivity contribution in [2.75, 3.05) is 0 Å². The molecule has 0 aliphatic carbocycles. The lowest BCUT2D eigenvalue weighted by molar-refractivity contribution is 0.128. The van der Waals surface area contributed by atoms with Gasteiger partial charge in [0, 0.05) is 0 Å². The number of hydrogen-bond acceptors (Lipinski definition) is 2. The van der Waals surface area contributed by atoms with Crippen LogP contribution in [0.5, 0.6) is 0 Å². The van der Waals surface area contributed by atoms with E-state index >= 15 is 0 Å². The van der Waals surface area contributed by atoms with Gasteiger partial charge in [-0.3, -0.25) is 0 Å². The molecule has 2 aromatic rings. The highest BCUT2D eigenvalue weighted by atomic mass is 16.3. The highest BCUT2D eigenvalue weighted by Crippen LogP contribution is 2.25. The van der Waals surface area contributed by atoms with Crippen LogP contribution in [0.1, 0.15) is 38.3 Å². The highest BCUT2D eigenvalue weighted by molar-refractivity contribution is 5.64. The molecule has 0 spiro atoms. The number of nitrogens with two attached hydrogens (primary N) is 1. The van der Waals surface area contributed by atoms with E-state index in [0.29, 0.717) is 5.92 Å². The van der Waals surface area contributed by atoms with Crippen LogP contribution in [0.3, 0.4) is 0 Å². The summed E-state index contributed by atoms with van der Waals surface area (Å²) >= 11 is 0. The Labute approximate surface area is 127 Å². The Hall–Kier alpha value is -1.64. The van der Waals surface area contributed by atoms with Crippen LogP contribution >= 0.6 is 0 Å². The molecule has 0 fully saturated rings. The first-order valence-corrected chi connectivity index (χ1v) is 7.67. The summed E-state index contributed by atoms with van der Waals surface area (Å²) in [5, 5.41) is 10.3. The molecule has 0 bridgehead atoms. The smallest absolute Gasteiger partial charge is 0.0732 e. The molecule has 0 unspecified atom stereocenters. The molecule has 0 saturated heterocycles. The topological polar surface area (TPSA) is 46.2 Å². The van der Waals surface area contributed by atoms with E-state index in [4.69, 9.17) is 5.73 Å². The first-order chi connectivity index (χ1) is 10.1. The second-order valence-corrected chi connectivity index (χ2v) is 6.06. The minimum absolute atomic E-state index is 0.326. The molecule has 0 heterocycles. The normalized spacial score (nSPS) is 14.1. The molecule has 2 atom stereocenters. The van der Waals surface area contributed by atoms with Crippen LogP contribution in [-0.4, -0.2) is 11.2 Å². The molecule has 3 N–H and O–H groups in total. The van der Waals surface area contributed by atoms with Gasteiger partial charge in [-0.15, -0.1) is 0 Å². The van der Waals surface area contributed by atoms with E-state index < -0.39 is 6.10 Å². The van der Waals surface area contributed by atoms with Gasteiger partial charge < -0.3 is 10.8 Å². The van der Waals surface area contributed by atoms with Crippen molar-refractivity contribution in [1.82, 2.24) is 0 Å². The number of rotatable bonds is 6. The van der Waals surface area contributed by atoms with Crippen molar-refractivity contribution >= 4 is 0 Å². The summed E-state index contributed by atoms with van der Waals surface area (Å²) in [7, 11) is 0. The van der Waals surface area contributed by atoms with Gasteiger partial charge in [0.05, 0.1) is 12.1 Å². The summed E-state index contributed by atoms with van der Waals surface area (Å²) in [6.45, 7) is 4.32. The molecule has 2 aromatic carbocycles. The maximum atomic E-state index is 10.3. The van der Waals surface area contributed by atoms with Crippen molar-refractivity contribution in [3.05, 3.63) is 60.2 Å². The molecule has 0 aliphatic rings. The van der Waals surface area contributed by atoms with E-state index in [1.807, 2.05) is 30.3 Å². The fraction of sp³-hybridized carbons (Fsp3) is 0.368. The maximum absolute atomic E-state index is 10.3. The summed E-state index contributed by atoms with van der Waals surface area (Å²) in [4.78, 5) is 0. The Kier molecular flexibility index (Phi) is 5.54. The summed E-state index contributed by atoms with van der Waals surface area (Å²) in [6, 6.07) is 18.1. The van der Waals surface area contributed by atoms with Crippen LogP contribution < -0.4 is 5.73 Å². The molecule has 0 aliphatic heterocycles. The van der Waals surface area contributed by atoms with Gasteiger partial charge in [0.1, 0.15) is 0 Å². The zero-order valence-corrected chi connectivity index (χ0v) is 12.9. The van der Waals surface area contributed by atoms with Crippen LogP contribution in [0.4, 0.5) is 0 Å². The Balaban J connectivity index is 2.13. The van der Waals surface area contributed by atoms with E-state index in [-0.39, 0.29) is 6.04 Å². The lowest BCUT2D eigenvalue weighted by Gasteiger charge is -2.20. The van der Waals surface area contributed by atoms with Crippen molar-refractivity contribution in [2.45, 2.75) is 38.8 Å². The van der Waals surface area contributed by atoms with Crippen molar-refractivity contribution in [2.24, 2.45) is 11.7 Å². The van der Waals surface area contributed by atoms with Gasteiger partial charge in [-0.05, 0) is 41.5 Å². The zero-order valence-electron chi connectivity index (χ0n) is 12.9. The van der Waals surface area contributed by atoms with E-state index in [9.17, 15) is 5.11 Å². The first-order valence-electron chi connectivity index (χ1n) is 7.67. The number of aliphatic hydroxyl groups is 1. The van der Waals surface area contributed by atoms with E-state index in [0.717, 1.165) is 24.0 Å². The summed E-state index contributed by atoms with van der Waals surface area (Å²) < 4.78 is 0. The number of benzene rings is 2. The van der Waals surface area contributed by atoms with Gasteiger partial charge in [-0.1, -0.05) is 62.4 Å². The minimum atomic E-state index is -0.488. The number of hydrogen-bond donors (Lipinski definition) is 2. The third kappa shape index (κ3) is 4.42. The molecule has 0 aromatic heterocycles. The standard InChI is InChI=1S/C19H25NO/c1-14(2)11-12-18(21)19(20)17-10-6-9-16(13-17)15-7-4-3-5-8-15/h3-10,13-14,18-19,21H,11-12,20H2,1-2H3/t18-,19+/m0/s1. The van der Waals surface area contributed by atoms with Gasteiger partial charge in [0.2, 0.25) is 0 Å². The molecule has 0 radical (unpaired) electrons. The SMILES string of the molecule is CC(C)CC[C@H](O)[C@H](N)c1cccc(-c2ccccc2)c1. The van der Waals surface area contributed by atoms with E-state index in [2.05, 4.69) is 38.1 Å². The second-order valence-electron chi connectivity index (χ2n) is 6.06. The van der Waals surface area contributed by atoms with E-state index in [1.54, 1.807) is 0 Å². The largest absolute Gasteiger partial charge is 0.391 e. The summed E-state index contributed by atoms with van der Waals surface area (Å²) in [5.74, 6) is 0.586. The second kappa shape index (κ2) is 7.39. The van der Waals surface area contributed by atoms with Crippen LogP contribution in [0, 0.1) is 5.92 Å². The molecular weight excluding hydrogens is 258 g/mol. The Morgan fingerprint density at radius 2 is 1.57 bits per heavy atom. The third-order valence-electron chi connectivity index (χ3n) is 3.83. The van der Waals surface area contributed by atoms with Gasteiger partial charge in [-0.2, -0.15) is 0 Å². The third-order valence-corrected chi connectivity index (χ3v) is 3.83. The molecule has 0 amide bonds. The van der Waals surface area contributed by atoms with Crippen LogP contribution in [0.15, 0.2) is 54.6 Å².